The minimum Gasteiger partial charge on any atom is -0.381 e. The first kappa shape index (κ1) is 24.6. The highest BCUT2D eigenvalue weighted by atomic mass is 127. The van der Waals surface area contributed by atoms with Crippen LogP contribution >= 0.6 is 24.0 Å². The number of halogens is 1. The fourth-order valence-electron chi connectivity index (χ4n) is 3.07. The van der Waals surface area contributed by atoms with E-state index >= 15 is 0 Å². The maximum absolute atomic E-state index is 11.8. The predicted octanol–water partition coefficient (Wildman–Crippen LogP) is 1.96. The van der Waals surface area contributed by atoms with Gasteiger partial charge >= 0.3 is 0 Å². The van der Waals surface area contributed by atoms with Gasteiger partial charge in [0.15, 0.2) is 5.96 Å². The quantitative estimate of drug-likeness (QED) is 0.287. The number of carbonyl (C=O) groups is 1. The van der Waals surface area contributed by atoms with Crippen LogP contribution in [0.3, 0.4) is 0 Å². The number of hydrogen-bond acceptors (Lipinski definition) is 4. The Bertz CT molecular complexity index is 634. The molecular weight excluding hydrogens is 471 g/mol. The molecule has 0 aliphatic carbocycles. The minimum atomic E-state index is -0.234. The monoisotopic (exact) mass is 504 g/mol. The molecule has 1 aromatic rings. The number of benzene rings is 1. The van der Waals surface area contributed by atoms with Gasteiger partial charge in [-0.2, -0.15) is 0 Å². The zero-order valence-electron chi connectivity index (χ0n) is 17.0. The maximum atomic E-state index is 11.8. The van der Waals surface area contributed by atoms with Crippen molar-refractivity contribution in [2.45, 2.75) is 31.8 Å². The summed E-state index contributed by atoms with van der Waals surface area (Å²) < 4.78 is 11.2. The second-order valence-corrected chi connectivity index (χ2v) is 6.65. The van der Waals surface area contributed by atoms with Crippen LogP contribution in [0.2, 0.25) is 0 Å². The highest BCUT2D eigenvalue weighted by Crippen LogP contribution is 2.24. The van der Waals surface area contributed by atoms with Gasteiger partial charge in [-0.1, -0.05) is 12.1 Å². The fourth-order valence-corrected chi connectivity index (χ4v) is 3.07. The number of carbonyl (C=O) groups excluding carboxylic acids is 1. The van der Waals surface area contributed by atoms with Crippen LogP contribution in [0.25, 0.3) is 0 Å². The molecule has 0 radical (unpaired) electrons. The molecular formula is C20H33IN4O3. The topological polar surface area (TPSA) is 84.0 Å². The van der Waals surface area contributed by atoms with Crippen molar-refractivity contribution >= 4 is 35.8 Å². The van der Waals surface area contributed by atoms with E-state index in [9.17, 15) is 4.79 Å². The lowest BCUT2D eigenvalue weighted by Crippen LogP contribution is -2.44. The molecule has 1 aliphatic rings. The molecule has 0 unspecified atom stereocenters. The number of aliphatic imine (C=N–C) groups is 1. The first-order chi connectivity index (χ1) is 13.1. The molecule has 1 heterocycles. The third-order valence-corrected chi connectivity index (χ3v) is 4.83. The van der Waals surface area contributed by atoms with Gasteiger partial charge in [-0.25, -0.2) is 0 Å². The van der Waals surface area contributed by atoms with E-state index in [1.165, 1.54) is 0 Å². The normalized spacial score (nSPS) is 16.0. The standard InChI is InChI=1S/C20H32N4O3.HI/c1-4-22-19(24-15-20(26-3)9-12-27-13-10-20)23-11-8-16-6-5-7-17(14-16)18(25)21-2;/h5-7,14H,4,8-13,15H2,1-3H3,(H,21,25)(H2,22,23,24);1H. The Morgan fingerprint density at radius 2 is 2.04 bits per heavy atom. The molecule has 0 atom stereocenters. The van der Waals surface area contributed by atoms with E-state index in [-0.39, 0.29) is 35.5 Å². The lowest BCUT2D eigenvalue weighted by molar-refractivity contribution is -0.0828. The molecule has 1 fully saturated rings. The fraction of sp³-hybridized carbons (Fsp3) is 0.600. The van der Waals surface area contributed by atoms with Gasteiger partial charge < -0.3 is 25.4 Å². The molecule has 1 amide bonds. The van der Waals surface area contributed by atoms with Crippen LogP contribution in [0.4, 0.5) is 0 Å². The summed E-state index contributed by atoms with van der Waals surface area (Å²) in [7, 11) is 3.39. The zero-order chi connectivity index (χ0) is 19.5. The van der Waals surface area contributed by atoms with E-state index in [1.54, 1.807) is 14.2 Å². The molecule has 1 aliphatic heterocycles. The smallest absolute Gasteiger partial charge is 0.251 e. The summed E-state index contributed by atoms with van der Waals surface area (Å²) in [5.74, 6) is 0.712. The summed E-state index contributed by atoms with van der Waals surface area (Å²) in [5.41, 5.74) is 1.55. The SMILES string of the molecule is CCNC(=NCC1(OC)CCOCC1)NCCc1cccc(C(=O)NC)c1.I. The second kappa shape index (κ2) is 12.9. The van der Waals surface area contributed by atoms with Crippen LogP contribution in [0, 0.1) is 0 Å². The van der Waals surface area contributed by atoms with Gasteiger partial charge in [-0.05, 0) is 31.0 Å². The molecule has 1 aromatic carbocycles. The van der Waals surface area contributed by atoms with Crippen molar-refractivity contribution in [3.63, 3.8) is 0 Å². The van der Waals surface area contributed by atoms with Crippen molar-refractivity contribution in [1.29, 1.82) is 0 Å². The van der Waals surface area contributed by atoms with Crippen LogP contribution in [0.5, 0.6) is 0 Å². The van der Waals surface area contributed by atoms with E-state index < -0.39 is 0 Å². The molecule has 8 heteroatoms. The lowest BCUT2D eigenvalue weighted by Gasteiger charge is -2.34. The Balaban J connectivity index is 0.00000392. The Hall–Kier alpha value is -1.39. The van der Waals surface area contributed by atoms with Crippen LogP contribution < -0.4 is 16.0 Å². The summed E-state index contributed by atoms with van der Waals surface area (Å²) >= 11 is 0. The molecule has 7 nitrogen and oxygen atoms in total. The van der Waals surface area contributed by atoms with Crippen molar-refractivity contribution < 1.29 is 14.3 Å². The Labute approximate surface area is 185 Å². The highest BCUT2D eigenvalue weighted by molar-refractivity contribution is 14.0. The summed E-state index contributed by atoms with van der Waals surface area (Å²) in [6, 6.07) is 7.68. The second-order valence-electron chi connectivity index (χ2n) is 6.65. The number of hydrogen-bond donors (Lipinski definition) is 3. The van der Waals surface area contributed by atoms with E-state index in [1.807, 2.05) is 31.2 Å². The molecule has 0 bridgehead atoms. The average Bonchev–Trinajstić information content (AvgIpc) is 2.72. The molecule has 1 saturated heterocycles. The van der Waals surface area contributed by atoms with Gasteiger partial charge in [0.25, 0.3) is 5.91 Å². The number of methoxy groups -OCH3 is 1. The molecule has 2 rings (SSSR count). The summed E-state index contributed by atoms with van der Waals surface area (Å²) in [5, 5.41) is 9.29. The Kier molecular flexibility index (Phi) is 11.4. The van der Waals surface area contributed by atoms with Crippen molar-refractivity contribution in [2.24, 2.45) is 4.99 Å². The van der Waals surface area contributed by atoms with Gasteiger partial charge in [0.1, 0.15) is 0 Å². The summed E-state index contributed by atoms with van der Waals surface area (Å²) in [6.07, 6.45) is 2.52. The molecule has 0 spiro atoms. The summed E-state index contributed by atoms with van der Waals surface area (Å²) in [6.45, 7) is 5.61. The van der Waals surface area contributed by atoms with Gasteiger partial charge in [0.05, 0.1) is 12.1 Å². The van der Waals surface area contributed by atoms with Crippen LogP contribution in [-0.2, 0) is 15.9 Å². The predicted molar refractivity (Wildman–Crippen MR) is 123 cm³/mol. The van der Waals surface area contributed by atoms with Crippen LogP contribution in [0.1, 0.15) is 35.7 Å². The molecule has 0 aromatic heterocycles. The average molecular weight is 504 g/mol. The Morgan fingerprint density at radius 1 is 1.29 bits per heavy atom. The number of nitrogens with one attached hydrogen (secondary N) is 3. The minimum absolute atomic E-state index is 0. The van der Waals surface area contributed by atoms with Crippen LogP contribution in [0.15, 0.2) is 29.3 Å². The van der Waals surface area contributed by atoms with Gasteiger partial charge in [-0.15, -0.1) is 24.0 Å². The third-order valence-electron chi connectivity index (χ3n) is 4.83. The van der Waals surface area contributed by atoms with E-state index in [4.69, 9.17) is 14.5 Å². The maximum Gasteiger partial charge on any atom is 0.251 e. The summed E-state index contributed by atoms with van der Waals surface area (Å²) in [4.78, 5) is 16.5. The first-order valence-corrected chi connectivity index (χ1v) is 9.58. The third kappa shape index (κ3) is 7.56. The molecule has 158 valence electrons. The molecule has 28 heavy (non-hydrogen) atoms. The number of rotatable bonds is 8. The first-order valence-electron chi connectivity index (χ1n) is 9.58. The van der Waals surface area contributed by atoms with Crippen molar-refractivity contribution in [1.82, 2.24) is 16.0 Å². The zero-order valence-corrected chi connectivity index (χ0v) is 19.4. The van der Waals surface area contributed by atoms with Crippen molar-refractivity contribution in [3.05, 3.63) is 35.4 Å². The highest BCUT2D eigenvalue weighted by Gasteiger charge is 2.32. The van der Waals surface area contributed by atoms with Crippen molar-refractivity contribution in [3.8, 4) is 0 Å². The largest absolute Gasteiger partial charge is 0.381 e. The van der Waals surface area contributed by atoms with E-state index in [0.29, 0.717) is 12.1 Å². The van der Waals surface area contributed by atoms with Crippen molar-refractivity contribution in [2.75, 3.05) is 47.0 Å². The van der Waals surface area contributed by atoms with Gasteiger partial charge in [0.2, 0.25) is 0 Å². The van der Waals surface area contributed by atoms with Gasteiger partial charge in [-0.3, -0.25) is 9.79 Å². The van der Waals surface area contributed by atoms with Gasteiger partial charge in [0, 0.05) is 58.9 Å². The van der Waals surface area contributed by atoms with Crippen LogP contribution in [-0.4, -0.2) is 64.5 Å². The van der Waals surface area contributed by atoms with E-state index in [2.05, 4.69) is 16.0 Å². The Morgan fingerprint density at radius 3 is 2.68 bits per heavy atom. The van der Waals surface area contributed by atoms with E-state index in [0.717, 1.165) is 57.1 Å². The number of nitrogens with zero attached hydrogens (tertiary/aromatic N) is 1. The number of amides is 1. The number of guanidine groups is 1. The number of ether oxygens (including phenoxy) is 2. The molecule has 0 saturated carbocycles. The lowest BCUT2D eigenvalue weighted by atomic mass is 9.94. The molecule has 3 N–H and O–H groups in total.